The predicted molar refractivity (Wildman–Crippen MR) is 78.7 cm³/mol. The van der Waals surface area contributed by atoms with Gasteiger partial charge in [0.15, 0.2) is 0 Å². The number of aromatic nitrogens is 2. The molecule has 110 valence electrons. The van der Waals surface area contributed by atoms with Gasteiger partial charge in [0.1, 0.15) is 0 Å². The molecule has 21 heavy (non-hydrogen) atoms. The van der Waals surface area contributed by atoms with E-state index in [1.807, 2.05) is 30.3 Å². The zero-order chi connectivity index (χ0) is 14.5. The quantitative estimate of drug-likeness (QED) is 0.917. The number of hydrogen-bond donors (Lipinski definition) is 1. The molecule has 0 unspecified atom stereocenters. The summed E-state index contributed by atoms with van der Waals surface area (Å²) in [5.41, 5.74) is 0.959. The van der Waals surface area contributed by atoms with Gasteiger partial charge in [-0.15, -0.1) is 5.10 Å². The molecule has 0 saturated heterocycles. The number of carbonyl (C=O) groups is 1. The number of anilines is 1. The van der Waals surface area contributed by atoms with Gasteiger partial charge in [0.05, 0.1) is 6.42 Å². The zero-order valence-electron chi connectivity index (χ0n) is 11.9. The SMILES string of the molecule is O=C(Cc1ccccc1)Nc1nnc(CC2CCCC2)o1. The number of rotatable bonds is 5. The molecule has 1 saturated carbocycles. The van der Waals surface area contributed by atoms with E-state index < -0.39 is 0 Å². The van der Waals surface area contributed by atoms with Gasteiger partial charge in [-0.25, -0.2) is 0 Å². The largest absolute Gasteiger partial charge is 0.408 e. The monoisotopic (exact) mass is 285 g/mol. The normalized spacial score (nSPS) is 15.2. The lowest BCUT2D eigenvalue weighted by atomic mass is 10.0. The second kappa shape index (κ2) is 6.52. The first-order valence-electron chi connectivity index (χ1n) is 7.46. The van der Waals surface area contributed by atoms with E-state index in [0.29, 0.717) is 18.2 Å². The highest BCUT2D eigenvalue weighted by molar-refractivity contribution is 5.90. The van der Waals surface area contributed by atoms with E-state index in [1.165, 1.54) is 25.7 Å². The minimum atomic E-state index is -0.141. The summed E-state index contributed by atoms with van der Waals surface area (Å²) < 4.78 is 5.50. The van der Waals surface area contributed by atoms with Crippen LogP contribution in [-0.2, 0) is 17.6 Å². The third kappa shape index (κ3) is 3.90. The maximum atomic E-state index is 11.9. The number of amides is 1. The number of nitrogens with one attached hydrogen (secondary N) is 1. The molecule has 0 spiro atoms. The molecule has 1 aliphatic rings. The highest BCUT2D eigenvalue weighted by Crippen LogP contribution is 2.27. The molecule has 1 fully saturated rings. The number of benzene rings is 1. The average Bonchev–Trinajstić information content (AvgIpc) is 3.13. The fourth-order valence-electron chi connectivity index (χ4n) is 2.79. The number of carbonyl (C=O) groups excluding carboxylic acids is 1. The molecular formula is C16H19N3O2. The van der Waals surface area contributed by atoms with Gasteiger partial charge in [-0.05, 0) is 24.3 Å². The lowest BCUT2D eigenvalue weighted by Crippen LogP contribution is -2.14. The van der Waals surface area contributed by atoms with Crippen molar-refractivity contribution in [1.29, 1.82) is 0 Å². The van der Waals surface area contributed by atoms with Crippen LogP contribution in [0.25, 0.3) is 0 Å². The van der Waals surface area contributed by atoms with Crippen LogP contribution in [0.2, 0.25) is 0 Å². The van der Waals surface area contributed by atoms with Crippen molar-refractivity contribution < 1.29 is 9.21 Å². The van der Waals surface area contributed by atoms with Crippen LogP contribution in [0.15, 0.2) is 34.7 Å². The zero-order valence-corrected chi connectivity index (χ0v) is 11.9. The van der Waals surface area contributed by atoms with Crippen LogP contribution < -0.4 is 5.32 Å². The Labute approximate surface area is 123 Å². The second-order valence-corrected chi connectivity index (χ2v) is 5.57. The molecule has 5 nitrogen and oxygen atoms in total. The standard InChI is InChI=1S/C16H19N3O2/c20-14(10-12-6-2-1-3-7-12)17-16-19-18-15(21-16)11-13-8-4-5-9-13/h1-3,6-7,13H,4-5,8-11H2,(H,17,19,20). The van der Waals surface area contributed by atoms with E-state index in [-0.39, 0.29) is 11.9 Å². The van der Waals surface area contributed by atoms with Crippen molar-refractivity contribution in [2.24, 2.45) is 5.92 Å². The van der Waals surface area contributed by atoms with Crippen LogP contribution in [-0.4, -0.2) is 16.1 Å². The van der Waals surface area contributed by atoms with Gasteiger partial charge < -0.3 is 4.42 Å². The highest BCUT2D eigenvalue weighted by atomic mass is 16.4. The average molecular weight is 285 g/mol. The second-order valence-electron chi connectivity index (χ2n) is 5.57. The molecular weight excluding hydrogens is 266 g/mol. The Kier molecular flexibility index (Phi) is 4.28. The molecule has 1 heterocycles. The Hall–Kier alpha value is -2.17. The molecule has 0 bridgehead atoms. The Bertz CT molecular complexity index is 589. The number of hydrogen-bond acceptors (Lipinski definition) is 4. The summed E-state index contributed by atoms with van der Waals surface area (Å²) in [5, 5.41) is 10.6. The molecule has 0 radical (unpaired) electrons. The fraction of sp³-hybridized carbons (Fsp3) is 0.438. The summed E-state index contributed by atoms with van der Waals surface area (Å²) >= 11 is 0. The first-order chi connectivity index (χ1) is 10.3. The fourth-order valence-corrected chi connectivity index (χ4v) is 2.79. The maximum Gasteiger partial charge on any atom is 0.322 e. The van der Waals surface area contributed by atoms with Crippen molar-refractivity contribution in [2.45, 2.75) is 38.5 Å². The molecule has 5 heteroatoms. The lowest BCUT2D eigenvalue weighted by Gasteiger charge is -2.03. The van der Waals surface area contributed by atoms with E-state index in [9.17, 15) is 4.79 Å². The van der Waals surface area contributed by atoms with Crippen molar-refractivity contribution in [1.82, 2.24) is 10.2 Å². The smallest absolute Gasteiger partial charge is 0.322 e. The summed E-state index contributed by atoms with van der Waals surface area (Å²) in [6.45, 7) is 0. The van der Waals surface area contributed by atoms with E-state index >= 15 is 0 Å². The van der Waals surface area contributed by atoms with Crippen LogP contribution >= 0.6 is 0 Å². The Morgan fingerprint density at radius 3 is 2.71 bits per heavy atom. The Morgan fingerprint density at radius 2 is 1.95 bits per heavy atom. The molecule has 1 aromatic carbocycles. The summed E-state index contributed by atoms with van der Waals surface area (Å²) in [7, 11) is 0. The van der Waals surface area contributed by atoms with Crippen LogP contribution in [0.1, 0.15) is 37.1 Å². The van der Waals surface area contributed by atoms with Crippen LogP contribution in [0.5, 0.6) is 0 Å². The van der Waals surface area contributed by atoms with Crippen molar-refractivity contribution in [2.75, 3.05) is 5.32 Å². The van der Waals surface area contributed by atoms with Crippen molar-refractivity contribution in [3.05, 3.63) is 41.8 Å². The van der Waals surface area contributed by atoms with Gasteiger partial charge in [-0.2, -0.15) is 0 Å². The minimum Gasteiger partial charge on any atom is -0.408 e. The molecule has 2 aromatic rings. The summed E-state index contributed by atoms with van der Waals surface area (Å²) in [6, 6.07) is 9.78. The van der Waals surface area contributed by atoms with Crippen molar-refractivity contribution in [3.63, 3.8) is 0 Å². The third-order valence-corrected chi connectivity index (χ3v) is 3.86. The van der Waals surface area contributed by atoms with E-state index in [1.54, 1.807) is 0 Å². The van der Waals surface area contributed by atoms with E-state index in [0.717, 1.165) is 12.0 Å². The topological polar surface area (TPSA) is 68.0 Å². The van der Waals surface area contributed by atoms with E-state index in [4.69, 9.17) is 4.42 Å². The van der Waals surface area contributed by atoms with Crippen molar-refractivity contribution >= 4 is 11.9 Å². The Balaban J connectivity index is 1.53. The molecule has 1 N–H and O–H groups in total. The highest BCUT2D eigenvalue weighted by Gasteiger charge is 2.19. The molecule has 0 atom stereocenters. The van der Waals surface area contributed by atoms with E-state index in [2.05, 4.69) is 15.5 Å². The molecule has 1 aliphatic carbocycles. The maximum absolute atomic E-state index is 11.9. The van der Waals surface area contributed by atoms with Gasteiger partial charge in [0.25, 0.3) is 0 Å². The third-order valence-electron chi connectivity index (χ3n) is 3.86. The van der Waals surface area contributed by atoms with Crippen LogP contribution in [0.3, 0.4) is 0 Å². The van der Waals surface area contributed by atoms with Crippen LogP contribution in [0, 0.1) is 5.92 Å². The summed E-state index contributed by atoms with van der Waals surface area (Å²) in [6.07, 6.45) is 6.18. The van der Waals surface area contributed by atoms with Crippen molar-refractivity contribution in [3.8, 4) is 0 Å². The molecule has 1 amide bonds. The Morgan fingerprint density at radius 1 is 1.19 bits per heavy atom. The minimum absolute atomic E-state index is 0.141. The predicted octanol–water partition coefficient (Wildman–Crippen LogP) is 2.98. The van der Waals surface area contributed by atoms with Gasteiger partial charge >= 0.3 is 6.01 Å². The summed E-state index contributed by atoms with van der Waals surface area (Å²) in [5.74, 6) is 1.13. The first kappa shape index (κ1) is 13.8. The number of nitrogens with zero attached hydrogens (tertiary/aromatic N) is 2. The lowest BCUT2D eigenvalue weighted by molar-refractivity contribution is -0.115. The van der Waals surface area contributed by atoms with Crippen LogP contribution in [0.4, 0.5) is 6.01 Å². The first-order valence-corrected chi connectivity index (χ1v) is 7.46. The van der Waals surface area contributed by atoms with Gasteiger partial charge in [0.2, 0.25) is 11.8 Å². The summed E-state index contributed by atoms with van der Waals surface area (Å²) in [4.78, 5) is 11.9. The van der Waals surface area contributed by atoms with Gasteiger partial charge in [-0.1, -0.05) is 48.3 Å². The molecule has 1 aromatic heterocycles. The molecule has 3 rings (SSSR count). The van der Waals surface area contributed by atoms with Gasteiger partial charge in [0, 0.05) is 6.42 Å². The molecule has 0 aliphatic heterocycles. The van der Waals surface area contributed by atoms with Gasteiger partial charge in [-0.3, -0.25) is 10.1 Å².